The lowest BCUT2D eigenvalue weighted by molar-refractivity contribution is 0.331. The lowest BCUT2D eigenvalue weighted by Gasteiger charge is -2.18. The van der Waals surface area contributed by atoms with Crippen LogP contribution in [0.4, 0.5) is 0 Å². The second-order valence-electron chi connectivity index (χ2n) is 3.98. The Labute approximate surface area is 126 Å². The largest absolute Gasteiger partial charge is 0.494 e. The molecule has 1 heterocycles. The molecule has 1 atom stereocenters. The minimum absolute atomic E-state index is 0.105. The normalized spacial score (nSPS) is 12.4. The van der Waals surface area contributed by atoms with E-state index < -0.39 is 0 Å². The van der Waals surface area contributed by atoms with Gasteiger partial charge in [-0.05, 0) is 55.9 Å². The monoisotopic (exact) mass is 343 g/mol. The van der Waals surface area contributed by atoms with Gasteiger partial charge in [-0.1, -0.05) is 15.9 Å². The fourth-order valence-electron chi connectivity index (χ4n) is 1.97. The van der Waals surface area contributed by atoms with Gasteiger partial charge in [0.1, 0.15) is 11.5 Å². The first-order valence-electron chi connectivity index (χ1n) is 6.00. The maximum atomic E-state index is 5.85. The highest BCUT2D eigenvalue weighted by molar-refractivity contribution is 9.10. The van der Waals surface area contributed by atoms with Gasteiger partial charge in [-0.25, -0.2) is 0 Å². The zero-order valence-electron chi connectivity index (χ0n) is 10.7. The molecule has 0 aliphatic carbocycles. The van der Waals surface area contributed by atoms with E-state index in [1.54, 1.807) is 6.07 Å². The number of hydrogen-bond donors (Lipinski definition) is 1. The summed E-state index contributed by atoms with van der Waals surface area (Å²) in [5, 5.41) is 3.60. The Morgan fingerprint density at radius 3 is 2.74 bits per heavy atom. The molecule has 0 saturated carbocycles. The zero-order valence-corrected chi connectivity index (χ0v) is 13.1. The third-order valence-corrected chi connectivity index (χ3v) is 3.45. The summed E-state index contributed by atoms with van der Waals surface area (Å²) in [6.07, 6.45) is 0. The molecule has 0 aliphatic heterocycles. The van der Waals surface area contributed by atoms with Crippen LogP contribution in [0.15, 0.2) is 39.2 Å². The first kappa shape index (κ1) is 14.4. The molecule has 1 N–H and O–H groups in total. The van der Waals surface area contributed by atoms with Crippen molar-refractivity contribution < 1.29 is 9.15 Å². The highest BCUT2D eigenvalue weighted by Crippen LogP contribution is 2.33. The van der Waals surface area contributed by atoms with E-state index in [9.17, 15) is 0 Å². The fraction of sp³-hybridized carbons (Fsp3) is 0.286. The molecule has 19 heavy (non-hydrogen) atoms. The zero-order chi connectivity index (χ0) is 13.8. The highest BCUT2D eigenvalue weighted by atomic mass is 79.9. The lowest BCUT2D eigenvalue weighted by Crippen LogP contribution is -2.18. The van der Waals surface area contributed by atoms with Gasteiger partial charge in [0.05, 0.1) is 12.6 Å². The molecular formula is C14H15BrClNO2. The van der Waals surface area contributed by atoms with Crippen molar-refractivity contribution in [1.82, 2.24) is 5.32 Å². The van der Waals surface area contributed by atoms with Crippen LogP contribution in [0.3, 0.4) is 0 Å². The predicted octanol–water partition coefficient (Wildman–Crippen LogP) is 4.40. The van der Waals surface area contributed by atoms with Crippen LogP contribution in [-0.2, 0) is 0 Å². The van der Waals surface area contributed by atoms with E-state index in [1.807, 2.05) is 38.2 Å². The molecule has 3 nitrogen and oxygen atoms in total. The highest BCUT2D eigenvalue weighted by Gasteiger charge is 2.20. The number of rotatable bonds is 5. The van der Waals surface area contributed by atoms with Gasteiger partial charge < -0.3 is 14.5 Å². The molecule has 0 aliphatic rings. The Morgan fingerprint density at radius 2 is 2.16 bits per heavy atom. The number of furan rings is 1. The number of benzene rings is 1. The van der Waals surface area contributed by atoms with E-state index in [1.165, 1.54) is 0 Å². The fourth-order valence-corrected chi connectivity index (χ4v) is 2.50. The Morgan fingerprint density at radius 1 is 1.37 bits per heavy atom. The molecule has 0 radical (unpaired) electrons. The van der Waals surface area contributed by atoms with Crippen molar-refractivity contribution in [2.24, 2.45) is 0 Å². The summed E-state index contributed by atoms with van der Waals surface area (Å²) in [7, 11) is 1.87. The van der Waals surface area contributed by atoms with Gasteiger partial charge in [0.15, 0.2) is 5.22 Å². The van der Waals surface area contributed by atoms with Crippen molar-refractivity contribution in [2.45, 2.75) is 13.0 Å². The van der Waals surface area contributed by atoms with Gasteiger partial charge in [-0.15, -0.1) is 0 Å². The first-order chi connectivity index (χ1) is 9.15. The van der Waals surface area contributed by atoms with Gasteiger partial charge in [0.2, 0.25) is 0 Å². The van der Waals surface area contributed by atoms with E-state index in [0.717, 1.165) is 21.5 Å². The van der Waals surface area contributed by atoms with Crippen LogP contribution in [0.2, 0.25) is 5.22 Å². The lowest BCUT2D eigenvalue weighted by atomic mass is 10.0. The van der Waals surface area contributed by atoms with E-state index in [2.05, 4.69) is 21.2 Å². The van der Waals surface area contributed by atoms with Gasteiger partial charge in [0, 0.05) is 10.0 Å². The summed E-state index contributed by atoms with van der Waals surface area (Å²) in [5.74, 6) is 1.59. The predicted molar refractivity (Wildman–Crippen MR) is 79.9 cm³/mol. The van der Waals surface area contributed by atoms with Crippen LogP contribution in [-0.4, -0.2) is 13.7 Å². The summed E-state index contributed by atoms with van der Waals surface area (Å²) >= 11 is 9.33. The Bertz CT molecular complexity index is 556. The van der Waals surface area contributed by atoms with E-state index in [0.29, 0.717) is 11.8 Å². The second-order valence-corrected chi connectivity index (χ2v) is 5.27. The van der Waals surface area contributed by atoms with Crippen molar-refractivity contribution in [1.29, 1.82) is 0 Å². The molecule has 0 spiro atoms. The smallest absolute Gasteiger partial charge is 0.193 e. The third kappa shape index (κ3) is 3.32. The second kappa shape index (κ2) is 6.46. The Hall–Kier alpha value is -0.970. The van der Waals surface area contributed by atoms with Crippen LogP contribution in [0, 0.1) is 0 Å². The maximum absolute atomic E-state index is 5.85. The number of nitrogens with one attached hydrogen (secondary N) is 1. The minimum atomic E-state index is -0.105. The van der Waals surface area contributed by atoms with Crippen LogP contribution in [0.25, 0.3) is 0 Å². The molecular weight excluding hydrogens is 330 g/mol. The molecule has 2 rings (SSSR count). The molecule has 0 fully saturated rings. The Balaban J connectivity index is 2.44. The topological polar surface area (TPSA) is 34.4 Å². The minimum Gasteiger partial charge on any atom is -0.494 e. The average Bonchev–Trinajstić information content (AvgIpc) is 2.80. The van der Waals surface area contributed by atoms with E-state index in [4.69, 9.17) is 20.8 Å². The molecule has 0 amide bonds. The summed E-state index contributed by atoms with van der Waals surface area (Å²) in [5.41, 5.74) is 1.00. The molecule has 1 aromatic carbocycles. The number of halogens is 2. The van der Waals surface area contributed by atoms with Crippen LogP contribution >= 0.6 is 27.5 Å². The van der Waals surface area contributed by atoms with Gasteiger partial charge in [-0.3, -0.25) is 0 Å². The molecule has 1 aromatic heterocycles. The van der Waals surface area contributed by atoms with Crippen LogP contribution in [0.1, 0.15) is 24.3 Å². The standard InChI is InChI=1S/C14H15BrClNO2/c1-3-18-11-5-4-9(15)8-10(11)14(17-2)12-6-7-13(16)19-12/h4-8,14,17H,3H2,1-2H3. The molecule has 2 aromatic rings. The van der Waals surface area contributed by atoms with Gasteiger partial charge in [0.25, 0.3) is 0 Å². The summed E-state index contributed by atoms with van der Waals surface area (Å²) < 4.78 is 12.2. The Kier molecular flexibility index (Phi) is 4.91. The van der Waals surface area contributed by atoms with E-state index >= 15 is 0 Å². The van der Waals surface area contributed by atoms with Crippen LogP contribution < -0.4 is 10.1 Å². The van der Waals surface area contributed by atoms with Crippen molar-refractivity contribution in [3.8, 4) is 5.75 Å². The summed E-state index contributed by atoms with van der Waals surface area (Å²) in [6, 6.07) is 9.41. The van der Waals surface area contributed by atoms with Crippen molar-refractivity contribution in [3.05, 3.63) is 51.3 Å². The van der Waals surface area contributed by atoms with Crippen molar-refractivity contribution >= 4 is 27.5 Å². The van der Waals surface area contributed by atoms with E-state index in [-0.39, 0.29) is 6.04 Å². The SMILES string of the molecule is CCOc1ccc(Br)cc1C(NC)c1ccc(Cl)o1. The quantitative estimate of drug-likeness (QED) is 0.873. The molecule has 102 valence electrons. The summed E-state index contributed by atoms with van der Waals surface area (Å²) in [6.45, 7) is 2.58. The molecule has 0 saturated heterocycles. The first-order valence-corrected chi connectivity index (χ1v) is 7.17. The van der Waals surface area contributed by atoms with Crippen molar-refractivity contribution in [3.63, 3.8) is 0 Å². The number of hydrogen-bond acceptors (Lipinski definition) is 3. The van der Waals surface area contributed by atoms with Gasteiger partial charge in [-0.2, -0.15) is 0 Å². The maximum Gasteiger partial charge on any atom is 0.193 e. The van der Waals surface area contributed by atoms with Gasteiger partial charge >= 0.3 is 0 Å². The summed E-state index contributed by atoms with van der Waals surface area (Å²) in [4.78, 5) is 0. The van der Waals surface area contributed by atoms with Crippen molar-refractivity contribution in [2.75, 3.05) is 13.7 Å². The molecule has 5 heteroatoms. The number of ether oxygens (including phenoxy) is 1. The third-order valence-electron chi connectivity index (χ3n) is 2.75. The van der Waals surface area contributed by atoms with Crippen LogP contribution in [0.5, 0.6) is 5.75 Å². The molecule has 1 unspecified atom stereocenters. The average molecular weight is 345 g/mol. The molecule has 0 bridgehead atoms.